The second-order valence-electron chi connectivity index (χ2n) is 5.86. The quantitative estimate of drug-likeness (QED) is 0.875. The summed E-state index contributed by atoms with van der Waals surface area (Å²) in [6, 6.07) is 7.36. The van der Waals surface area contributed by atoms with Gasteiger partial charge in [-0.05, 0) is 43.7 Å². The third-order valence-corrected chi connectivity index (χ3v) is 4.91. The summed E-state index contributed by atoms with van der Waals surface area (Å²) in [6.07, 6.45) is -3.48. The zero-order valence-electron chi connectivity index (χ0n) is 14.3. The molecule has 1 unspecified atom stereocenters. The molecule has 0 bridgehead atoms. The van der Waals surface area contributed by atoms with Crippen LogP contribution in [0.5, 0.6) is 0 Å². The van der Waals surface area contributed by atoms with E-state index in [0.29, 0.717) is 5.56 Å². The Balaban J connectivity index is 2.17. The zero-order chi connectivity index (χ0) is 19.7. The number of nitrogens with one attached hydrogen (secondary N) is 1. The van der Waals surface area contributed by atoms with E-state index in [1.54, 1.807) is 19.1 Å². The van der Waals surface area contributed by atoms with Crippen LogP contribution in [0.3, 0.4) is 0 Å². The van der Waals surface area contributed by atoms with Gasteiger partial charge in [0, 0.05) is 6.26 Å². The predicted molar refractivity (Wildman–Crippen MR) is 89.4 cm³/mol. The van der Waals surface area contributed by atoms with Crippen LogP contribution in [0.1, 0.15) is 40.3 Å². The maximum atomic E-state index is 12.6. The number of hydrogen-bond acceptors (Lipinski definition) is 4. The number of amides is 1. The average Bonchev–Trinajstić information content (AvgIpc) is 2.53. The minimum atomic E-state index is -4.57. The van der Waals surface area contributed by atoms with E-state index < -0.39 is 33.7 Å². The fourth-order valence-electron chi connectivity index (χ4n) is 2.32. The molecule has 140 valence electrons. The molecule has 2 aromatic rings. The first-order valence-corrected chi connectivity index (χ1v) is 9.44. The number of sulfone groups is 1. The first-order chi connectivity index (χ1) is 11.9. The maximum absolute atomic E-state index is 12.6. The molecule has 0 radical (unpaired) electrons. The molecule has 9 heteroatoms. The Morgan fingerprint density at radius 3 is 2.15 bits per heavy atom. The number of pyridine rings is 1. The van der Waals surface area contributed by atoms with Gasteiger partial charge in [0.25, 0.3) is 5.91 Å². The SMILES string of the molecule is Cc1nc(C(F)(F)F)ccc1C(=O)NC(C)c1ccc(S(C)(=O)=O)cc1. The van der Waals surface area contributed by atoms with Gasteiger partial charge < -0.3 is 5.32 Å². The number of carbonyl (C=O) groups is 1. The smallest absolute Gasteiger partial charge is 0.345 e. The number of aryl methyl sites for hydroxylation is 1. The highest BCUT2D eigenvalue weighted by molar-refractivity contribution is 7.90. The van der Waals surface area contributed by atoms with Crippen molar-refractivity contribution in [2.75, 3.05) is 6.26 Å². The van der Waals surface area contributed by atoms with Crippen LogP contribution in [0, 0.1) is 6.92 Å². The minimum Gasteiger partial charge on any atom is -0.345 e. The Hall–Kier alpha value is -2.42. The maximum Gasteiger partial charge on any atom is 0.433 e. The molecular formula is C17H17F3N2O3S. The van der Waals surface area contributed by atoms with Crippen LogP contribution in [0.25, 0.3) is 0 Å². The first kappa shape index (κ1) is 19.9. The van der Waals surface area contributed by atoms with E-state index in [9.17, 15) is 26.4 Å². The van der Waals surface area contributed by atoms with E-state index in [4.69, 9.17) is 0 Å². The van der Waals surface area contributed by atoms with Crippen LogP contribution in [0.4, 0.5) is 13.2 Å². The van der Waals surface area contributed by atoms with Crippen molar-refractivity contribution < 1.29 is 26.4 Å². The van der Waals surface area contributed by atoms with Crippen molar-refractivity contribution in [1.82, 2.24) is 10.3 Å². The Bertz CT molecular complexity index is 923. The standard InChI is InChI=1S/C17H17F3N2O3S/c1-10(12-4-6-13(7-5-12)26(3,24)25)22-16(23)14-8-9-15(17(18,19)20)21-11(14)2/h4-10H,1-3H3,(H,22,23). The highest BCUT2D eigenvalue weighted by Gasteiger charge is 2.33. The van der Waals surface area contributed by atoms with Crippen molar-refractivity contribution in [3.05, 3.63) is 58.9 Å². The number of halogens is 3. The second kappa shape index (κ2) is 7.06. The normalized spacial score (nSPS) is 13.3. The highest BCUT2D eigenvalue weighted by Crippen LogP contribution is 2.28. The fourth-order valence-corrected chi connectivity index (χ4v) is 2.95. The van der Waals surface area contributed by atoms with Crippen LogP contribution in [-0.2, 0) is 16.0 Å². The van der Waals surface area contributed by atoms with Crippen molar-refractivity contribution in [1.29, 1.82) is 0 Å². The van der Waals surface area contributed by atoms with Gasteiger partial charge in [-0.15, -0.1) is 0 Å². The molecule has 0 saturated heterocycles. The summed E-state index contributed by atoms with van der Waals surface area (Å²) < 4.78 is 60.8. The summed E-state index contributed by atoms with van der Waals surface area (Å²) in [7, 11) is -3.32. The molecule has 0 aliphatic heterocycles. The summed E-state index contributed by atoms with van der Waals surface area (Å²) in [5.41, 5.74) is -0.395. The predicted octanol–water partition coefficient (Wildman–Crippen LogP) is 3.30. The highest BCUT2D eigenvalue weighted by atomic mass is 32.2. The van der Waals surface area contributed by atoms with E-state index in [-0.39, 0.29) is 16.2 Å². The van der Waals surface area contributed by atoms with Crippen LogP contribution < -0.4 is 5.32 Å². The van der Waals surface area contributed by atoms with Gasteiger partial charge in [-0.2, -0.15) is 13.2 Å². The van der Waals surface area contributed by atoms with Crippen LogP contribution in [0.2, 0.25) is 0 Å². The van der Waals surface area contributed by atoms with Crippen molar-refractivity contribution in [2.45, 2.75) is 31.0 Å². The summed E-state index contributed by atoms with van der Waals surface area (Å²) in [6.45, 7) is 3.01. The Kier molecular flexibility index (Phi) is 5.41. The van der Waals surface area contributed by atoms with E-state index in [0.717, 1.165) is 18.4 Å². The molecule has 0 aliphatic rings. The van der Waals surface area contributed by atoms with E-state index in [1.807, 2.05) is 0 Å². The summed E-state index contributed by atoms with van der Waals surface area (Å²) >= 11 is 0. The van der Waals surface area contributed by atoms with E-state index >= 15 is 0 Å². The molecule has 26 heavy (non-hydrogen) atoms. The number of aromatic nitrogens is 1. The van der Waals surface area contributed by atoms with Gasteiger partial charge in [0.15, 0.2) is 9.84 Å². The zero-order valence-corrected chi connectivity index (χ0v) is 15.1. The number of carbonyl (C=O) groups excluding carboxylic acids is 1. The number of hydrogen-bond donors (Lipinski definition) is 1. The largest absolute Gasteiger partial charge is 0.433 e. The molecule has 1 N–H and O–H groups in total. The van der Waals surface area contributed by atoms with Gasteiger partial charge in [-0.25, -0.2) is 13.4 Å². The van der Waals surface area contributed by atoms with Gasteiger partial charge in [0.05, 0.1) is 22.2 Å². The Morgan fingerprint density at radius 2 is 1.69 bits per heavy atom. The summed E-state index contributed by atoms with van der Waals surface area (Å²) in [4.78, 5) is 15.9. The van der Waals surface area contributed by atoms with Gasteiger partial charge in [-0.1, -0.05) is 12.1 Å². The summed E-state index contributed by atoms with van der Waals surface area (Å²) in [5.74, 6) is -0.566. The molecule has 2 rings (SSSR count). The monoisotopic (exact) mass is 386 g/mol. The lowest BCUT2D eigenvalue weighted by atomic mass is 10.1. The second-order valence-corrected chi connectivity index (χ2v) is 7.88. The molecule has 5 nitrogen and oxygen atoms in total. The lowest BCUT2D eigenvalue weighted by Gasteiger charge is -2.16. The van der Waals surface area contributed by atoms with Gasteiger partial charge in [0.1, 0.15) is 5.69 Å². The lowest BCUT2D eigenvalue weighted by Crippen LogP contribution is -2.28. The third kappa shape index (κ3) is 4.60. The summed E-state index contributed by atoms with van der Waals surface area (Å²) in [5, 5.41) is 2.66. The third-order valence-electron chi connectivity index (χ3n) is 3.78. The van der Waals surface area contributed by atoms with Gasteiger partial charge >= 0.3 is 6.18 Å². The van der Waals surface area contributed by atoms with Crippen LogP contribution in [0.15, 0.2) is 41.3 Å². The lowest BCUT2D eigenvalue weighted by molar-refractivity contribution is -0.141. The number of alkyl halides is 3. The number of nitrogens with zero attached hydrogens (tertiary/aromatic N) is 1. The van der Waals surface area contributed by atoms with Crippen molar-refractivity contribution >= 4 is 15.7 Å². The molecule has 1 atom stereocenters. The Morgan fingerprint density at radius 1 is 1.12 bits per heavy atom. The molecule has 1 heterocycles. The van der Waals surface area contributed by atoms with Crippen LogP contribution in [-0.4, -0.2) is 25.6 Å². The Labute approximate surface area is 149 Å². The first-order valence-electron chi connectivity index (χ1n) is 7.55. The molecule has 0 saturated carbocycles. The molecule has 1 amide bonds. The van der Waals surface area contributed by atoms with Gasteiger partial charge in [0.2, 0.25) is 0 Å². The average molecular weight is 386 g/mol. The fraction of sp³-hybridized carbons (Fsp3) is 0.294. The van der Waals surface area contributed by atoms with Crippen molar-refractivity contribution in [3.63, 3.8) is 0 Å². The molecular weight excluding hydrogens is 369 g/mol. The molecule has 0 spiro atoms. The van der Waals surface area contributed by atoms with E-state index in [1.165, 1.54) is 19.1 Å². The number of benzene rings is 1. The molecule has 1 aromatic heterocycles. The molecule has 0 aliphatic carbocycles. The molecule has 0 fully saturated rings. The van der Waals surface area contributed by atoms with E-state index in [2.05, 4.69) is 10.3 Å². The van der Waals surface area contributed by atoms with Crippen molar-refractivity contribution in [3.8, 4) is 0 Å². The minimum absolute atomic E-state index is 0.0306. The van der Waals surface area contributed by atoms with Crippen LogP contribution >= 0.6 is 0 Å². The number of rotatable bonds is 4. The van der Waals surface area contributed by atoms with Crippen molar-refractivity contribution in [2.24, 2.45) is 0 Å². The van der Waals surface area contributed by atoms with Gasteiger partial charge in [-0.3, -0.25) is 4.79 Å². The topological polar surface area (TPSA) is 76.1 Å². The molecule has 1 aromatic carbocycles.